The molecule has 2 aliphatic rings. The van der Waals surface area contributed by atoms with Crippen molar-refractivity contribution in [1.29, 1.82) is 0 Å². The van der Waals surface area contributed by atoms with Crippen LogP contribution in [-0.4, -0.2) is 47.4 Å². The second kappa shape index (κ2) is 6.76. The van der Waals surface area contributed by atoms with Gasteiger partial charge in [0.1, 0.15) is 17.0 Å². The van der Waals surface area contributed by atoms with Crippen molar-refractivity contribution in [3.05, 3.63) is 47.3 Å². The van der Waals surface area contributed by atoms with Crippen LogP contribution in [0.1, 0.15) is 41.4 Å². The average Bonchev–Trinajstić information content (AvgIpc) is 3.17. The Morgan fingerprint density at radius 1 is 1.31 bits per heavy atom. The van der Waals surface area contributed by atoms with E-state index in [0.717, 1.165) is 38.2 Å². The van der Waals surface area contributed by atoms with Gasteiger partial charge >= 0.3 is 0 Å². The molecule has 0 atom stereocenters. The summed E-state index contributed by atoms with van der Waals surface area (Å²) in [6.07, 6.45) is 4.32. The number of nitrogens with zero attached hydrogens (tertiary/aromatic N) is 3. The number of piperidine rings is 1. The number of hydrogen-bond donors (Lipinski definition) is 0. The van der Waals surface area contributed by atoms with Crippen LogP contribution in [0.2, 0.25) is 0 Å². The molecule has 2 aromatic rings. The van der Waals surface area contributed by atoms with E-state index in [9.17, 15) is 4.79 Å². The van der Waals surface area contributed by atoms with Gasteiger partial charge in [-0.15, -0.1) is 0 Å². The van der Waals surface area contributed by atoms with Gasteiger partial charge < -0.3 is 14.4 Å². The van der Waals surface area contributed by atoms with Crippen molar-refractivity contribution in [2.24, 2.45) is 0 Å². The molecule has 1 fully saturated rings. The van der Waals surface area contributed by atoms with Gasteiger partial charge in [-0.2, -0.15) is 5.10 Å². The lowest BCUT2D eigenvalue weighted by Crippen LogP contribution is -2.48. The lowest BCUT2D eigenvalue weighted by atomic mass is 9.78. The van der Waals surface area contributed by atoms with Gasteiger partial charge in [-0.3, -0.25) is 9.48 Å². The van der Waals surface area contributed by atoms with Gasteiger partial charge in [0.15, 0.2) is 0 Å². The van der Waals surface area contributed by atoms with Crippen LogP contribution >= 0.6 is 0 Å². The number of rotatable bonds is 3. The molecule has 0 aliphatic carbocycles. The summed E-state index contributed by atoms with van der Waals surface area (Å²) in [7, 11) is 1.71. The molecule has 0 bridgehead atoms. The molecule has 0 N–H and O–H groups in total. The number of aromatic nitrogens is 2. The maximum Gasteiger partial charge on any atom is 0.274 e. The van der Waals surface area contributed by atoms with Gasteiger partial charge in [-0.05, 0) is 43.9 Å². The van der Waals surface area contributed by atoms with Crippen molar-refractivity contribution in [3.8, 4) is 5.75 Å². The third-order valence-corrected chi connectivity index (χ3v) is 5.58. The summed E-state index contributed by atoms with van der Waals surface area (Å²) in [4.78, 5) is 14.6. The van der Waals surface area contributed by atoms with Crippen molar-refractivity contribution in [2.45, 2.75) is 38.3 Å². The van der Waals surface area contributed by atoms with Crippen LogP contribution in [0.25, 0.3) is 0 Å². The number of carbonyl (C=O) groups excluding carboxylic acids is 1. The molecule has 1 aromatic carbocycles. The monoisotopic (exact) mass is 355 g/mol. The summed E-state index contributed by atoms with van der Waals surface area (Å²) in [6.45, 7) is 4.82. The predicted molar refractivity (Wildman–Crippen MR) is 97.4 cm³/mol. The number of methoxy groups -OCH3 is 1. The fourth-order valence-electron chi connectivity index (χ4n) is 4.18. The zero-order valence-electron chi connectivity index (χ0n) is 15.4. The quantitative estimate of drug-likeness (QED) is 0.849. The van der Waals surface area contributed by atoms with E-state index in [2.05, 4.69) is 11.2 Å². The van der Waals surface area contributed by atoms with E-state index >= 15 is 0 Å². The van der Waals surface area contributed by atoms with Crippen molar-refractivity contribution >= 4 is 5.91 Å². The first-order valence-electron chi connectivity index (χ1n) is 9.30. The first kappa shape index (κ1) is 17.1. The highest BCUT2D eigenvalue weighted by Gasteiger charge is 2.43. The third kappa shape index (κ3) is 2.78. The van der Waals surface area contributed by atoms with Crippen molar-refractivity contribution in [3.63, 3.8) is 0 Å². The molecule has 6 heteroatoms. The molecular weight excluding hydrogens is 330 g/mol. The average molecular weight is 355 g/mol. The number of benzene rings is 1. The lowest BCUT2D eigenvalue weighted by Gasteiger charge is -2.45. The zero-order chi connectivity index (χ0) is 18.1. The number of carbonyl (C=O) groups is 1. The van der Waals surface area contributed by atoms with Crippen LogP contribution in [0.5, 0.6) is 5.75 Å². The number of amides is 1. The molecule has 4 rings (SSSR count). The molecule has 6 nitrogen and oxygen atoms in total. The third-order valence-electron chi connectivity index (χ3n) is 5.58. The molecule has 1 spiro atoms. The number of ether oxygens (including phenoxy) is 2. The molecule has 0 unspecified atom stereocenters. The number of likely N-dealkylation sites (tertiary alicyclic amines) is 1. The number of hydrogen-bond acceptors (Lipinski definition) is 4. The Hall–Kier alpha value is -2.34. The number of fused-ring (bicyclic) bond motifs is 2. The van der Waals surface area contributed by atoms with Crippen LogP contribution < -0.4 is 4.74 Å². The van der Waals surface area contributed by atoms with Gasteiger partial charge in [0.05, 0.1) is 13.7 Å². The van der Waals surface area contributed by atoms with Gasteiger partial charge in [0.2, 0.25) is 0 Å². The van der Waals surface area contributed by atoms with E-state index < -0.39 is 0 Å². The molecule has 0 radical (unpaired) electrons. The van der Waals surface area contributed by atoms with E-state index in [0.29, 0.717) is 18.8 Å². The first-order chi connectivity index (χ1) is 12.7. The maximum absolute atomic E-state index is 12.8. The smallest absolute Gasteiger partial charge is 0.274 e. The lowest BCUT2D eigenvalue weighted by molar-refractivity contribution is -0.0947. The normalized spacial score (nSPS) is 18.6. The van der Waals surface area contributed by atoms with E-state index in [-0.39, 0.29) is 11.5 Å². The van der Waals surface area contributed by atoms with Crippen LogP contribution in [0.3, 0.4) is 0 Å². The second-order valence-corrected chi connectivity index (χ2v) is 6.94. The fourth-order valence-corrected chi connectivity index (χ4v) is 4.18. The topological polar surface area (TPSA) is 56.6 Å². The van der Waals surface area contributed by atoms with Gasteiger partial charge in [-0.1, -0.05) is 12.1 Å². The zero-order valence-corrected chi connectivity index (χ0v) is 15.4. The van der Waals surface area contributed by atoms with E-state index in [4.69, 9.17) is 9.47 Å². The molecule has 138 valence electrons. The van der Waals surface area contributed by atoms with Crippen molar-refractivity contribution in [2.75, 3.05) is 26.8 Å². The fraction of sp³-hybridized carbons (Fsp3) is 0.500. The Labute approximate surface area is 153 Å². The maximum atomic E-state index is 12.8. The molecular formula is C20H25N3O3. The molecule has 0 saturated carbocycles. The Balaban J connectivity index is 1.55. The van der Waals surface area contributed by atoms with Crippen LogP contribution in [0.4, 0.5) is 0 Å². The SMILES string of the molecule is CCn1ccc(C(=O)N2CCC3(CC2)OCCc2cccc(OC)c23)n1. The van der Waals surface area contributed by atoms with Gasteiger partial charge in [-0.25, -0.2) is 0 Å². The highest BCUT2D eigenvalue weighted by molar-refractivity contribution is 5.92. The molecule has 1 saturated heterocycles. The Morgan fingerprint density at radius 3 is 2.81 bits per heavy atom. The Morgan fingerprint density at radius 2 is 2.12 bits per heavy atom. The molecule has 2 aliphatic heterocycles. The summed E-state index contributed by atoms with van der Waals surface area (Å²) in [5, 5.41) is 4.35. The van der Waals surface area contributed by atoms with Crippen LogP contribution in [-0.2, 0) is 23.3 Å². The highest BCUT2D eigenvalue weighted by Crippen LogP contribution is 2.45. The highest BCUT2D eigenvalue weighted by atomic mass is 16.5. The van der Waals surface area contributed by atoms with Crippen LogP contribution in [0.15, 0.2) is 30.5 Å². The molecule has 1 amide bonds. The van der Waals surface area contributed by atoms with E-state index in [1.165, 1.54) is 11.1 Å². The Bertz CT molecular complexity index is 792. The second-order valence-electron chi connectivity index (χ2n) is 6.94. The number of aryl methyl sites for hydroxylation is 1. The minimum atomic E-state index is -0.347. The van der Waals surface area contributed by atoms with Crippen molar-refractivity contribution < 1.29 is 14.3 Å². The van der Waals surface area contributed by atoms with E-state index in [1.807, 2.05) is 30.2 Å². The van der Waals surface area contributed by atoms with Gasteiger partial charge in [0.25, 0.3) is 5.91 Å². The predicted octanol–water partition coefficient (Wildman–Crippen LogP) is 2.62. The summed E-state index contributed by atoms with van der Waals surface area (Å²) in [5.41, 5.74) is 2.65. The molecule has 26 heavy (non-hydrogen) atoms. The minimum Gasteiger partial charge on any atom is -0.496 e. The Kier molecular flexibility index (Phi) is 4.44. The standard InChI is InChI=1S/C20H25N3O3/c1-3-23-11-7-16(21-23)19(24)22-12-9-20(10-13-22)18-15(8-14-26-20)5-4-6-17(18)25-2/h4-7,11H,3,8-10,12-14H2,1-2H3. The summed E-state index contributed by atoms with van der Waals surface area (Å²) >= 11 is 0. The summed E-state index contributed by atoms with van der Waals surface area (Å²) in [6, 6.07) is 8.01. The summed E-state index contributed by atoms with van der Waals surface area (Å²) in [5.74, 6) is 0.895. The molecule has 3 heterocycles. The largest absolute Gasteiger partial charge is 0.496 e. The van der Waals surface area contributed by atoms with E-state index in [1.54, 1.807) is 17.9 Å². The van der Waals surface area contributed by atoms with Crippen molar-refractivity contribution in [1.82, 2.24) is 14.7 Å². The minimum absolute atomic E-state index is 0.00288. The van der Waals surface area contributed by atoms with Gasteiger partial charge in [0, 0.05) is 31.4 Å². The summed E-state index contributed by atoms with van der Waals surface area (Å²) < 4.78 is 13.7. The molecule has 1 aromatic heterocycles. The van der Waals surface area contributed by atoms with Crippen LogP contribution in [0, 0.1) is 0 Å². The first-order valence-corrected chi connectivity index (χ1v) is 9.30.